The largest absolute Gasteiger partial charge is 0.448 e. The van der Waals surface area contributed by atoms with Crippen molar-refractivity contribution in [1.82, 2.24) is 0 Å². The normalized spacial score (nSPS) is 22.3. The molecule has 1 aromatic carbocycles. The highest BCUT2D eigenvalue weighted by Crippen LogP contribution is 2.59. The molecule has 0 unspecified atom stereocenters. The summed E-state index contributed by atoms with van der Waals surface area (Å²) in [6.07, 6.45) is 5.10. The second kappa shape index (κ2) is 4.64. The fourth-order valence-corrected chi connectivity index (χ4v) is 5.71. The summed E-state index contributed by atoms with van der Waals surface area (Å²) >= 11 is 1.73. The van der Waals surface area contributed by atoms with E-state index >= 15 is 0 Å². The second-order valence-corrected chi connectivity index (χ2v) is 7.91. The minimum Gasteiger partial charge on any atom is -0.448 e. The topological polar surface area (TPSA) is 16.4 Å². The third-order valence-corrected chi connectivity index (χ3v) is 6.64. The highest BCUT2D eigenvalue weighted by Gasteiger charge is 2.53. The lowest BCUT2D eigenvalue weighted by molar-refractivity contribution is 0.411. The van der Waals surface area contributed by atoms with Crippen molar-refractivity contribution in [2.45, 2.75) is 51.1 Å². The number of para-hydroxylation sites is 1. The van der Waals surface area contributed by atoms with E-state index in [0.717, 1.165) is 4.90 Å². The molecule has 3 heteroatoms. The van der Waals surface area contributed by atoms with Crippen LogP contribution in [-0.2, 0) is 5.54 Å². The van der Waals surface area contributed by atoms with E-state index in [0.29, 0.717) is 6.04 Å². The van der Waals surface area contributed by atoms with Crippen LogP contribution in [0, 0.1) is 6.92 Å². The molecule has 1 spiro atoms. The Morgan fingerprint density at radius 3 is 2.74 bits per heavy atom. The van der Waals surface area contributed by atoms with Gasteiger partial charge in [-0.2, -0.15) is 0 Å². The van der Waals surface area contributed by atoms with Crippen molar-refractivity contribution in [3.8, 4) is 0 Å². The van der Waals surface area contributed by atoms with Crippen LogP contribution >= 0.6 is 11.3 Å². The van der Waals surface area contributed by atoms with Crippen LogP contribution in [0.3, 0.4) is 0 Å². The number of benzene rings is 1. The summed E-state index contributed by atoms with van der Waals surface area (Å²) < 4.78 is 6.32. The van der Waals surface area contributed by atoms with E-state index < -0.39 is 0 Å². The molecular formula is C20H21NOS. The fraction of sp³-hybridized carbons (Fsp3) is 0.400. The number of nitrogens with zero attached hydrogens (tertiary/aromatic N) is 1. The van der Waals surface area contributed by atoms with E-state index in [1.54, 1.807) is 11.3 Å². The molecule has 0 N–H and O–H groups in total. The highest BCUT2D eigenvalue weighted by atomic mass is 32.1. The summed E-state index contributed by atoms with van der Waals surface area (Å²) in [6.45, 7) is 4.54. The first kappa shape index (κ1) is 13.7. The summed E-state index contributed by atoms with van der Waals surface area (Å²) in [6, 6.07) is 11.4. The number of rotatable bonds is 1. The van der Waals surface area contributed by atoms with Gasteiger partial charge in [-0.3, -0.25) is 0 Å². The fourth-order valence-electron chi connectivity index (χ4n) is 4.95. The quantitative estimate of drug-likeness (QED) is 0.534. The molecule has 3 heterocycles. The first-order chi connectivity index (χ1) is 11.2. The van der Waals surface area contributed by atoms with Crippen molar-refractivity contribution in [3.05, 3.63) is 52.6 Å². The molecule has 0 radical (unpaired) electrons. The van der Waals surface area contributed by atoms with E-state index in [1.165, 1.54) is 53.6 Å². The van der Waals surface area contributed by atoms with Gasteiger partial charge in [0.05, 0.1) is 11.6 Å². The molecule has 2 aliphatic rings. The molecule has 2 nitrogen and oxygen atoms in total. The molecule has 1 aliphatic heterocycles. The lowest BCUT2D eigenvalue weighted by Gasteiger charge is -2.41. The first-order valence-electron chi connectivity index (χ1n) is 8.58. The summed E-state index contributed by atoms with van der Waals surface area (Å²) in [5.74, 6) is 1.21. The molecule has 0 amide bonds. The summed E-state index contributed by atoms with van der Waals surface area (Å²) in [4.78, 5) is 3.78. The van der Waals surface area contributed by atoms with Gasteiger partial charge in [0.15, 0.2) is 4.90 Å². The van der Waals surface area contributed by atoms with Crippen LogP contribution in [0.15, 0.2) is 40.1 Å². The van der Waals surface area contributed by atoms with E-state index in [1.807, 2.05) is 0 Å². The van der Waals surface area contributed by atoms with Gasteiger partial charge in [-0.15, -0.1) is 11.3 Å². The third kappa shape index (κ3) is 1.64. The van der Waals surface area contributed by atoms with Crippen LogP contribution in [0.5, 0.6) is 0 Å². The van der Waals surface area contributed by atoms with Crippen LogP contribution < -0.4 is 4.90 Å². The molecule has 118 valence electrons. The number of hydrogen-bond donors (Lipinski definition) is 0. The number of aryl methyl sites for hydroxylation is 1. The van der Waals surface area contributed by atoms with Gasteiger partial charge < -0.3 is 9.32 Å². The van der Waals surface area contributed by atoms with Crippen molar-refractivity contribution >= 4 is 27.3 Å². The van der Waals surface area contributed by atoms with Crippen LogP contribution in [0.1, 0.15) is 55.5 Å². The average Bonchev–Trinajstić information content (AvgIpc) is 3.26. The number of fused-ring (bicyclic) bond motifs is 4. The Morgan fingerprint density at radius 1 is 1.17 bits per heavy atom. The Bertz CT molecular complexity index is 884. The van der Waals surface area contributed by atoms with Crippen molar-refractivity contribution in [1.29, 1.82) is 0 Å². The third-order valence-electron chi connectivity index (χ3n) is 5.85. The maximum atomic E-state index is 6.32. The molecule has 5 rings (SSSR count). The zero-order chi connectivity index (χ0) is 15.6. The molecule has 23 heavy (non-hydrogen) atoms. The van der Waals surface area contributed by atoms with Gasteiger partial charge in [0.2, 0.25) is 0 Å². The van der Waals surface area contributed by atoms with Gasteiger partial charge in [-0.1, -0.05) is 31.0 Å². The Kier molecular flexibility index (Phi) is 2.76. The molecule has 1 fully saturated rings. The Labute approximate surface area is 140 Å². The Balaban J connectivity index is 1.79. The highest BCUT2D eigenvalue weighted by molar-refractivity contribution is 7.16. The van der Waals surface area contributed by atoms with Crippen molar-refractivity contribution < 1.29 is 4.42 Å². The monoisotopic (exact) mass is 323 g/mol. The number of hydrogen-bond acceptors (Lipinski definition) is 3. The molecular weight excluding hydrogens is 302 g/mol. The molecule has 1 saturated carbocycles. The zero-order valence-corrected chi connectivity index (χ0v) is 14.5. The predicted molar refractivity (Wildman–Crippen MR) is 96.3 cm³/mol. The lowest BCUT2D eigenvalue weighted by Crippen LogP contribution is -2.40. The van der Waals surface area contributed by atoms with Gasteiger partial charge in [0, 0.05) is 16.6 Å². The minimum absolute atomic E-state index is 0.132. The van der Waals surface area contributed by atoms with E-state index in [9.17, 15) is 0 Å². The van der Waals surface area contributed by atoms with E-state index in [2.05, 4.69) is 54.5 Å². The summed E-state index contributed by atoms with van der Waals surface area (Å²) in [7, 11) is 0. The Morgan fingerprint density at radius 2 is 1.96 bits per heavy atom. The van der Waals surface area contributed by atoms with Crippen molar-refractivity contribution in [3.63, 3.8) is 0 Å². The van der Waals surface area contributed by atoms with Gasteiger partial charge in [-0.05, 0) is 49.8 Å². The SMILES string of the molecule is Cc1ccccc1N1[C@@H](C)c2oc3sccc3c2C12CCCC2. The number of furan rings is 1. The van der Waals surface area contributed by atoms with E-state index in [4.69, 9.17) is 4.42 Å². The van der Waals surface area contributed by atoms with Crippen molar-refractivity contribution in [2.24, 2.45) is 0 Å². The maximum absolute atomic E-state index is 6.32. The predicted octanol–water partition coefficient (Wildman–Crippen LogP) is 6.15. The van der Waals surface area contributed by atoms with Gasteiger partial charge in [0.1, 0.15) is 5.76 Å². The smallest absolute Gasteiger partial charge is 0.188 e. The molecule has 2 aromatic heterocycles. The van der Waals surface area contributed by atoms with Gasteiger partial charge in [-0.25, -0.2) is 0 Å². The number of anilines is 1. The minimum atomic E-state index is 0.132. The van der Waals surface area contributed by atoms with Crippen LogP contribution in [0.2, 0.25) is 0 Å². The van der Waals surface area contributed by atoms with Gasteiger partial charge in [0.25, 0.3) is 0 Å². The van der Waals surface area contributed by atoms with Gasteiger partial charge >= 0.3 is 0 Å². The standard InChI is InChI=1S/C20H21NOS/c1-13-7-3-4-8-16(13)21-14(2)18-17(20(21)10-5-6-11-20)15-9-12-23-19(15)22-18/h3-4,7-9,12,14H,5-6,10-11H2,1-2H3/t14-/m0/s1. The average molecular weight is 323 g/mol. The summed E-state index contributed by atoms with van der Waals surface area (Å²) in [5.41, 5.74) is 4.35. The molecule has 1 aliphatic carbocycles. The molecule has 3 aromatic rings. The maximum Gasteiger partial charge on any atom is 0.188 e. The zero-order valence-electron chi connectivity index (χ0n) is 13.6. The molecule has 0 bridgehead atoms. The second-order valence-electron chi connectivity index (χ2n) is 7.03. The Hall–Kier alpha value is -1.74. The molecule has 0 saturated heterocycles. The number of thiophene rings is 1. The lowest BCUT2D eigenvalue weighted by atomic mass is 9.88. The van der Waals surface area contributed by atoms with Crippen LogP contribution in [0.25, 0.3) is 10.3 Å². The van der Waals surface area contributed by atoms with E-state index in [-0.39, 0.29) is 5.54 Å². The van der Waals surface area contributed by atoms with Crippen LogP contribution in [0.4, 0.5) is 5.69 Å². The summed E-state index contributed by atoms with van der Waals surface area (Å²) in [5, 5.41) is 3.52. The first-order valence-corrected chi connectivity index (χ1v) is 9.46. The van der Waals surface area contributed by atoms with Crippen LogP contribution in [-0.4, -0.2) is 0 Å². The van der Waals surface area contributed by atoms with Crippen molar-refractivity contribution in [2.75, 3.05) is 4.90 Å². The molecule has 1 atom stereocenters.